The van der Waals surface area contributed by atoms with E-state index in [-0.39, 0.29) is 11.9 Å². The highest BCUT2D eigenvalue weighted by atomic mass is 16.5. The van der Waals surface area contributed by atoms with Gasteiger partial charge in [0, 0.05) is 18.2 Å². The second kappa shape index (κ2) is 4.38. The minimum absolute atomic E-state index is 0.0270. The summed E-state index contributed by atoms with van der Waals surface area (Å²) in [6, 6.07) is 1.76. The van der Waals surface area contributed by atoms with Gasteiger partial charge in [0.1, 0.15) is 5.52 Å². The zero-order valence-corrected chi connectivity index (χ0v) is 9.74. The van der Waals surface area contributed by atoms with Gasteiger partial charge in [0.25, 0.3) is 0 Å². The molecule has 1 fully saturated rings. The maximum Gasteiger partial charge on any atom is 0.356 e. The first-order valence-electron chi connectivity index (χ1n) is 5.94. The van der Waals surface area contributed by atoms with Gasteiger partial charge in [0.15, 0.2) is 11.9 Å². The predicted molar refractivity (Wildman–Crippen MR) is 63.3 cm³/mol. The van der Waals surface area contributed by atoms with Gasteiger partial charge < -0.3 is 9.84 Å². The third-order valence-electron chi connectivity index (χ3n) is 3.14. The van der Waals surface area contributed by atoms with Crippen molar-refractivity contribution >= 4 is 16.9 Å². The molecule has 0 saturated carbocycles. The highest BCUT2D eigenvalue weighted by Gasteiger charge is 2.22. The molecule has 0 bridgehead atoms. The van der Waals surface area contributed by atoms with Gasteiger partial charge >= 0.3 is 5.97 Å². The molecule has 0 radical (unpaired) electrons. The Morgan fingerprint density at radius 1 is 1.50 bits per heavy atom. The number of aromatic nitrogens is 3. The first kappa shape index (κ1) is 11.2. The van der Waals surface area contributed by atoms with Crippen molar-refractivity contribution in [2.45, 2.75) is 25.5 Å². The monoisotopic (exact) mass is 247 g/mol. The van der Waals surface area contributed by atoms with Crippen LogP contribution in [0.15, 0.2) is 18.5 Å². The summed E-state index contributed by atoms with van der Waals surface area (Å²) in [5.74, 6) is -1.04. The molecule has 3 heterocycles. The zero-order valence-electron chi connectivity index (χ0n) is 9.74. The van der Waals surface area contributed by atoms with Crippen LogP contribution in [0.3, 0.4) is 0 Å². The predicted octanol–water partition coefficient (Wildman–Crippen LogP) is 1.83. The molecule has 2 aromatic heterocycles. The second-order valence-electron chi connectivity index (χ2n) is 4.31. The lowest BCUT2D eigenvalue weighted by molar-refractivity contribution is -0.0367. The van der Waals surface area contributed by atoms with Crippen LogP contribution in [-0.2, 0) is 4.74 Å². The van der Waals surface area contributed by atoms with E-state index in [2.05, 4.69) is 10.1 Å². The smallest absolute Gasteiger partial charge is 0.356 e. The lowest BCUT2D eigenvalue weighted by Gasteiger charge is -2.23. The zero-order chi connectivity index (χ0) is 12.5. The van der Waals surface area contributed by atoms with Crippen molar-refractivity contribution < 1.29 is 14.6 Å². The molecule has 1 saturated heterocycles. The van der Waals surface area contributed by atoms with Crippen LogP contribution in [0.1, 0.15) is 36.0 Å². The summed E-state index contributed by atoms with van der Waals surface area (Å²) in [7, 11) is 0. The van der Waals surface area contributed by atoms with Crippen molar-refractivity contribution in [2.75, 3.05) is 6.61 Å². The van der Waals surface area contributed by atoms with Gasteiger partial charge in [0.2, 0.25) is 0 Å². The van der Waals surface area contributed by atoms with Crippen molar-refractivity contribution in [1.29, 1.82) is 0 Å². The highest BCUT2D eigenvalue weighted by Crippen LogP contribution is 2.27. The van der Waals surface area contributed by atoms with E-state index in [1.54, 1.807) is 16.9 Å². The number of carboxylic acids is 1. The van der Waals surface area contributed by atoms with Gasteiger partial charge in [-0.15, -0.1) is 0 Å². The first-order valence-corrected chi connectivity index (χ1v) is 5.94. The van der Waals surface area contributed by atoms with Gasteiger partial charge in [-0.25, -0.2) is 14.5 Å². The standard InChI is InChI=1S/C12H13N3O3/c16-12(17)10-11-8(4-5-13-10)7-14-15(11)9-3-1-2-6-18-9/h4-5,7,9H,1-3,6H2,(H,16,17). The number of rotatable bonds is 2. The number of hydrogen-bond acceptors (Lipinski definition) is 4. The minimum Gasteiger partial charge on any atom is -0.476 e. The van der Waals surface area contributed by atoms with Gasteiger partial charge in [-0.3, -0.25) is 0 Å². The molecular weight excluding hydrogens is 234 g/mol. The van der Waals surface area contributed by atoms with E-state index >= 15 is 0 Å². The first-order chi connectivity index (χ1) is 8.77. The fourth-order valence-electron chi connectivity index (χ4n) is 2.29. The molecule has 6 heteroatoms. The Hall–Kier alpha value is -1.95. The van der Waals surface area contributed by atoms with E-state index < -0.39 is 5.97 Å². The molecule has 0 aliphatic carbocycles. The fourth-order valence-corrected chi connectivity index (χ4v) is 2.29. The molecule has 0 spiro atoms. The fraction of sp³-hybridized carbons (Fsp3) is 0.417. The van der Waals surface area contributed by atoms with Crippen LogP contribution >= 0.6 is 0 Å². The third kappa shape index (κ3) is 1.74. The van der Waals surface area contributed by atoms with Crippen molar-refractivity contribution in [3.63, 3.8) is 0 Å². The Bertz CT molecular complexity index is 587. The van der Waals surface area contributed by atoms with Crippen LogP contribution in [0.5, 0.6) is 0 Å². The molecule has 6 nitrogen and oxygen atoms in total. The lowest BCUT2D eigenvalue weighted by atomic mass is 10.2. The largest absolute Gasteiger partial charge is 0.476 e. The number of fused-ring (bicyclic) bond motifs is 1. The Labute approximate surface area is 103 Å². The van der Waals surface area contributed by atoms with E-state index in [9.17, 15) is 9.90 Å². The topological polar surface area (TPSA) is 77.2 Å². The van der Waals surface area contributed by atoms with Gasteiger partial charge in [0.05, 0.1) is 6.20 Å². The maximum absolute atomic E-state index is 11.2. The summed E-state index contributed by atoms with van der Waals surface area (Å²) >= 11 is 0. The van der Waals surface area contributed by atoms with Crippen LogP contribution in [0.2, 0.25) is 0 Å². The molecule has 18 heavy (non-hydrogen) atoms. The van der Waals surface area contributed by atoms with E-state index in [0.29, 0.717) is 12.1 Å². The average molecular weight is 247 g/mol. The van der Waals surface area contributed by atoms with Crippen LogP contribution < -0.4 is 0 Å². The van der Waals surface area contributed by atoms with Gasteiger partial charge in [-0.1, -0.05) is 0 Å². The number of pyridine rings is 1. The quantitative estimate of drug-likeness (QED) is 0.876. The van der Waals surface area contributed by atoms with Crippen molar-refractivity contribution in [3.8, 4) is 0 Å². The van der Waals surface area contributed by atoms with Crippen molar-refractivity contribution in [1.82, 2.24) is 14.8 Å². The molecule has 94 valence electrons. The number of carboxylic acid groups (broad SMARTS) is 1. The van der Waals surface area contributed by atoms with E-state index in [4.69, 9.17) is 4.74 Å². The SMILES string of the molecule is O=C(O)c1nccc2cnn(C3CCCCO3)c12. The van der Waals surface area contributed by atoms with Crippen LogP contribution in [0, 0.1) is 0 Å². The van der Waals surface area contributed by atoms with E-state index in [1.165, 1.54) is 6.20 Å². The molecule has 1 N–H and O–H groups in total. The summed E-state index contributed by atoms with van der Waals surface area (Å²) in [6.45, 7) is 0.689. The molecule has 1 atom stereocenters. The molecule has 1 unspecified atom stereocenters. The van der Waals surface area contributed by atoms with E-state index in [0.717, 1.165) is 24.6 Å². The highest BCUT2D eigenvalue weighted by molar-refractivity contribution is 5.99. The molecule has 0 aromatic carbocycles. The Kier molecular flexibility index (Phi) is 2.71. The molecule has 2 aromatic rings. The Morgan fingerprint density at radius 3 is 3.11 bits per heavy atom. The maximum atomic E-state index is 11.2. The number of nitrogens with zero attached hydrogens (tertiary/aromatic N) is 3. The molecular formula is C12H13N3O3. The third-order valence-corrected chi connectivity index (χ3v) is 3.14. The Balaban J connectivity index is 2.14. The minimum atomic E-state index is -1.04. The number of aromatic carboxylic acids is 1. The summed E-state index contributed by atoms with van der Waals surface area (Å²) in [5.41, 5.74) is 0.566. The van der Waals surface area contributed by atoms with Gasteiger partial charge in [-0.2, -0.15) is 5.10 Å². The summed E-state index contributed by atoms with van der Waals surface area (Å²) in [6.07, 6.45) is 5.92. The van der Waals surface area contributed by atoms with Crippen LogP contribution in [0.4, 0.5) is 0 Å². The van der Waals surface area contributed by atoms with Crippen molar-refractivity contribution in [2.24, 2.45) is 0 Å². The summed E-state index contributed by atoms with van der Waals surface area (Å²) < 4.78 is 7.29. The van der Waals surface area contributed by atoms with Crippen molar-refractivity contribution in [3.05, 3.63) is 24.2 Å². The average Bonchev–Trinajstić information content (AvgIpc) is 2.83. The summed E-state index contributed by atoms with van der Waals surface area (Å²) in [5, 5.41) is 14.2. The lowest BCUT2D eigenvalue weighted by Crippen LogP contribution is -2.20. The van der Waals surface area contributed by atoms with Crippen LogP contribution in [-0.4, -0.2) is 32.4 Å². The molecule has 1 aliphatic heterocycles. The normalized spacial score (nSPS) is 20.1. The molecule has 3 rings (SSSR count). The second-order valence-corrected chi connectivity index (χ2v) is 4.31. The summed E-state index contributed by atoms with van der Waals surface area (Å²) in [4.78, 5) is 15.1. The molecule has 1 aliphatic rings. The Morgan fingerprint density at radius 2 is 2.39 bits per heavy atom. The molecule has 0 amide bonds. The van der Waals surface area contributed by atoms with Gasteiger partial charge in [-0.05, 0) is 25.3 Å². The van der Waals surface area contributed by atoms with E-state index in [1.807, 2.05) is 0 Å². The van der Waals surface area contributed by atoms with Crippen LogP contribution in [0.25, 0.3) is 10.9 Å². The number of carbonyl (C=O) groups is 1. The number of ether oxygens (including phenoxy) is 1. The number of hydrogen-bond donors (Lipinski definition) is 1.